The van der Waals surface area contributed by atoms with E-state index in [2.05, 4.69) is 38.9 Å². The lowest BCUT2D eigenvalue weighted by Crippen LogP contribution is -2.56. The SMILES string of the molecule is Nc1ccn([C@@H]2O[C@H](COP(=O)(O)OP(=O)(O)OP(=O)(O)O)[C@@H](O)[C@H]2NN[C@@H](Cc2c[nH]cn2)C(=O)O)c(=O)n1. The van der Waals surface area contributed by atoms with E-state index in [9.17, 15) is 43.3 Å². The van der Waals surface area contributed by atoms with Gasteiger partial charge in [0.15, 0.2) is 6.23 Å². The number of phosphoric ester groups is 1. The Bertz CT molecular complexity index is 1380. The van der Waals surface area contributed by atoms with E-state index in [1.165, 1.54) is 18.6 Å². The maximum Gasteiger partial charge on any atom is 0.490 e. The number of imidazole rings is 1. The summed E-state index contributed by atoms with van der Waals surface area (Å²) in [6, 6.07) is -1.47. The maximum absolute atomic E-state index is 12.4. The highest BCUT2D eigenvalue weighted by Gasteiger charge is 2.47. The van der Waals surface area contributed by atoms with Crippen LogP contribution in [-0.2, 0) is 42.8 Å². The number of rotatable bonds is 14. The zero-order valence-electron chi connectivity index (χ0n) is 19.7. The molecule has 0 spiro atoms. The monoisotopic (exact) mass is 635 g/mol. The number of aromatic amines is 1. The van der Waals surface area contributed by atoms with Gasteiger partial charge in [-0.1, -0.05) is 0 Å². The van der Waals surface area contributed by atoms with Crippen molar-refractivity contribution in [3.8, 4) is 0 Å². The number of carbonyl (C=O) groups is 1. The molecular formula is C15H24N7O15P3. The van der Waals surface area contributed by atoms with Gasteiger partial charge in [-0.25, -0.2) is 34.3 Å². The fraction of sp³-hybridized carbons (Fsp3) is 0.467. The fourth-order valence-electron chi connectivity index (χ4n) is 3.38. The second-order valence-corrected chi connectivity index (χ2v) is 12.4. The lowest BCUT2D eigenvalue weighted by atomic mass is 10.1. The Labute approximate surface area is 222 Å². The predicted octanol–water partition coefficient (Wildman–Crippen LogP) is -2.69. The van der Waals surface area contributed by atoms with Crippen LogP contribution in [0.4, 0.5) is 5.82 Å². The standard InChI is InChI=1S/C15H24N7O15P3/c16-10-1-2-22(15(26)19-10)13-11(21-20-8(14(24)25)3-7-4-17-6-18-7)12(23)9(35-13)5-34-39(30,31)37-40(32,33)36-38(27,28)29/h1-2,4,6,8-9,11-13,20-21,23H,3,5H2,(H,17,18)(H,24,25)(H,30,31)(H,32,33)(H2,16,19,26)(H2,27,28,29)/t8-,9+,11+,12+,13+/m0/s1. The number of nitrogens with zero attached hydrogens (tertiary/aromatic N) is 3. The van der Waals surface area contributed by atoms with Crippen molar-refractivity contribution in [3.05, 3.63) is 41.0 Å². The Hall–Kier alpha value is -2.39. The third kappa shape index (κ3) is 9.06. The van der Waals surface area contributed by atoms with Crippen LogP contribution >= 0.6 is 23.5 Å². The summed E-state index contributed by atoms with van der Waals surface area (Å²) >= 11 is 0. The van der Waals surface area contributed by atoms with E-state index in [0.717, 1.165) is 10.8 Å². The van der Waals surface area contributed by atoms with Crippen LogP contribution < -0.4 is 22.3 Å². The summed E-state index contributed by atoms with van der Waals surface area (Å²) in [5.41, 5.74) is 9.91. The quantitative estimate of drug-likeness (QED) is 0.0746. The van der Waals surface area contributed by atoms with E-state index in [-0.39, 0.29) is 12.2 Å². The van der Waals surface area contributed by atoms with Gasteiger partial charge in [-0.15, -0.1) is 0 Å². The number of aliphatic carboxylic acids is 1. The van der Waals surface area contributed by atoms with Crippen LogP contribution in [-0.4, -0.2) is 86.2 Å². The molecule has 0 radical (unpaired) electrons. The Morgan fingerprint density at radius 3 is 2.50 bits per heavy atom. The number of ether oxygens (including phenoxy) is 1. The highest BCUT2D eigenvalue weighted by atomic mass is 31.3. The third-order valence-corrected chi connectivity index (χ3v) is 8.81. The number of hydrogen-bond acceptors (Lipinski definition) is 15. The minimum Gasteiger partial charge on any atom is -0.480 e. The van der Waals surface area contributed by atoms with Crippen molar-refractivity contribution >= 4 is 35.3 Å². The molecule has 11 N–H and O–H groups in total. The summed E-state index contributed by atoms with van der Waals surface area (Å²) in [6.07, 6.45) is -0.986. The van der Waals surface area contributed by atoms with Crippen molar-refractivity contribution in [1.82, 2.24) is 30.4 Å². The number of nitrogens with one attached hydrogen (secondary N) is 3. The zero-order valence-corrected chi connectivity index (χ0v) is 22.4. The molecule has 40 heavy (non-hydrogen) atoms. The van der Waals surface area contributed by atoms with Crippen molar-refractivity contribution < 1.29 is 66.2 Å². The molecule has 22 nitrogen and oxygen atoms in total. The second kappa shape index (κ2) is 12.6. The van der Waals surface area contributed by atoms with Gasteiger partial charge in [-0.3, -0.25) is 13.9 Å². The summed E-state index contributed by atoms with van der Waals surface area (Å²) < 4.78 is 52.5. The second-order valence-electron chi connectivity index (χ2n) is 7.95. The number of carboxylic acid groups (broad SMARTS) is 1. The number of nitrogens with two attached hydrogens (primary N) is 1. The van der Waals surface area contributed by atoms with Gasteiger partial charge in [0.25, 0.3) is 0 Å². The summed E-state index contributed by atoms with van der Waals surface area (Å²) in [6.45, 7) is -1.06. The molecule has 2 unspecified atom stereocenters. The molecule has 0 saturated carbocycles. The minimum atomic E-state index is -5.81. The highest BCUT2D eigenvalue weighted by Crippen LogP contribution is 2.66. The molecule has 0 bridgehead atoms. The molecule has 1 aliphatic rings. The van der Waals surface area contributed by atoms with E-state index >= 15 is 0 Å². The first-order valence-corrected chi connectivity index (χ1v) is 15.2. The smallest absolute Gasteiger partial charge is 0.480 e. The molecule has 0 amide bonds. The Morgan fingerprint density at radius 2 is 1.93 bits per heavy atom. The van der Waals surface area contributed by atoms with E-state index in [0.29, 0.717) is 5.69 Å². The van der Waals surface area contributed by atoms with Crippen LogP contribution in [0.5, 0.6) is 0 Å². The van der Waals surface area contributed by atoms with Gasteiger partial charge >= 0.3 is 35.1 Å². The van der Waals surface area contributed by atoms with Gasteiger partial charge in [0.05, 0.1) is 24.7 Å². The molecule has 1 aliphatic heterocycles. The largest absolute Gasteiger partial charge is 0.490 e. The van der Waals surface area contributed by atoms with E-state index in [1.54, 1.807) is 0 Å². The summed E-state index contributed by atoms with van der Waals surface area (Å²) in [4.78, 5) is 70.4. The molecule has 224 valence electrons. The molecule has 3 heterocycles. The van der Waals surface area contributed by atoms with Crippen LogP contribution in [0.15, 0.2) is 29.6 Å². The third-order valence-electron chi connectivity index (χ3n) is 5.00. The van der Waals surface area contributed by atoms with Gasteiger partial charge < -0.3 is 45.2 Å². The van der Waals surface area contributed by atoms with Crippen LogP contribution in [0.2, 0.25) is 0 Å². The van der Waals surface area contributed by atoms with Crippen molar-refractivity contribution in [3.63, 3.8) is 0 Å². The predicted molar refractivity (Wildman–Crippen MR) is 126 cm³/mol. The molecule has 0 aromatic carbocycles. The van der Waals surface area contributed by atoms with Crippen LogP contribution in [0.3, 0.4) is 0 Å². The average Bonchev–Trinajstić information content (AvgIpc) is 3.40. The number of carboxylic acids is 1. The van der Waals surface area contributed by atoms with Gasteiger partial charge in [0.2, 0.25) is 0 Å². The molecule has 2 aromatic heterocycles. The number of aromatic nitrogens is 4. The number of aliphatic hydroxyl groups is 1. The molecule has 1 fully saturated rings. The highest BCUT2D eigenvalue weighted by molar-refractivity contribution is 7.66. The number of anilines is 1. The topological polar surface area (TPSA) is 340 Å². The van der Waals surface area contributed by atoms with Crippen molar-refractivity contribution in [1.29, 1.82) is 0 Å². The average molecular weight is 635 g/mol. The Balaban J connectivity index is 1.77. The lowest BCUT2D eigenvalue weighted by Gasteiger charge is -2.25. The minimum absolute atomic E-state index is 0.126. The maximum atomic E-state index is 12.4. The first-order chi connectivity index (χ1) is 18.5. The zero-order chi connectivity index (χ0) is 29.9. The summed E-state index contributed by atoms with van der Waals surface area (Å²) in [5, 5.41) is 20.4. The Kier molecular flexibility index (Phi) is 10.2. The van der Waals surface area contributed by atoms with E-state index in [1.807, 2.05) is 0 Å². The Morgan fingerprint density at radius 1 is 1.23 bits per heavy atom. The van der Waals surface area contributed by atoms with Crippen molar-refractivity contribution in [2.45, 2.75) is 36.9 Å². The lowest BCUT2D eigenvalue weighted by molar-refractivity contribution is -0.140. The molecule has 7 atom stereocenters. The normalized spacial score (nSPS) is 25.2. The molecule has 1 saturated heterocycles. The number of hydrogen-bond donors (Lipinski definition) is 10. The van der Waals surface area contributed by atoms with Crippen LogP contribution in [0.1, 0.15) is 11.9 Å². The van der Waals surface area contributed by atoms with Crippen LogP contribution in [0, 0.1) is 0 Å². The van der Waals surface area contributed by atoms with Crippen molar-refractivity contribution in [2.24, 2.45) is 0 Å². The number of aliphatic hydroxyl groups excluding tert-OH is 1. The summed E-state index contributed by atoms with van der Waals surface area (Å²) in [7, 11) is -17.0. The fourth-order valence-corrected chi connectivity index (χ4v) is 6.41. The molecular weight excluding hydrogens is 611 g/mol. The summed E-state index contributed by atoms with van der Waals surface area (Å²) in [5.74, 6) is -1.48. The molecule has 25 heteroatoms. The van der Waals surface area contributed by atoms with Gasteiger partial charge in [-0.2, -0.15) is 13.6 Å². The van der Waals surface area contributed by atoms with E-state index < -0.39 is 72.3 Å². The number of nitrogen functional groups attached to an aromatic ring is 1. The first kappa shape index (κ1) is 32.1. The first-order valence-electron chi connectivity index (χ1n) is 10.6. The van der Waals surface area contributed by atoms with Crippen LogP contribution in [0.25, 0.3) is 0 Å². The number of phosphoric acid groups is 3. The van der Waals surface area contributed by atoms with E-state index in [4.69, 9.17) is 20.3 Å². The van der Waals surface area contributed by atoms with Gasteiger partial charge in [-0.05, 0) is 6.07 Å². The van der Waals surface area contributed by atoms with Gasteiger partial charge in [0.1, 0.15) is 24.1 Å². The molecule has 3 rings (SSSR count). The number of H-pyrrole nitrogens is 1. The van der Waals surface area contributed by atoms with Crippen molar-refractivity contribution in [2.75, 3.05) is 12.3 Å². The molecule has 0 aliphatic carbocycles. The van der Waals surface area contributed by atoms with Gasteiger partial charge in [0, 0.05) is 18.8 Å². The number of hydrazine groups is 1. The molecule has 2 aromatic rings.